The van der Waals surface area contributed by atoms with Gasteiger partial charge in [-0.25, -0.2) is 0 Å². The normalized spacial score (nSPS) is 37.6. The summed E-state index contributed by atoms with van der Waals surface area (Å²) < 4.78 is 5.62. The van der Waals surface area contributed by atoms with Crippen molar-refractivity contribution in [2.45, 2.75) is 38.5 Å². The van der Waals surface area contributed by atoms with Crippen LogP contribution in [-0.2, 0) is 9.53 Å². The monoisotopic (exact) mass is 213 g/mol. The van der Waals surface area contributed by atoms with Crippen molar-refractivity contribution in [3.8, 4) is 0 Å². The summed E-state index contributed by atoms with van der Waals surface area (Å²) in [7, 11) is 3.53. The Bertz CT molecular complexity index is 237. The fourth-order valence-electron chi connectivity index (χ4n) is 2.41. The fraction of sp³-hybridized carbons (Fsp3) is 0.900. The first-order valence-corrected chi connectivity index (χ1v) is 5.58. The Kier molecular flexibility index (Phi) is 4.17. The summed E-state index contributed by atoms with van der Waals surface area (Å²) in [6.07, 6.45) is 0.122. The zero-order valence-electron chi connectivity index (χ0n) is 9.86. The zero-order valence-corrected chi connectivity index (χ0v) is 9.86. The largest absolute Gasteiger partial charge is 0.390 e. The lowest BCUT2D eigenvalue weighted by Crippen LogP contribution is -2.40. The Hall–Kier alpha value is -0.545. The molecular formula is C10H20BNO3. The lowest BCUT2D eigenvalue weighted by molar-refractivity contribution is -0.126. The van der Waals surface area contributed by atoms with E-state index < -0.39 is 6.10 Å². The van der Waals surface area contributed by atoms with Crippen LogP contribution in [0.3, 0.4) is 0 Å². The van der Waals surface area contributed by atoms with Crippen LogP contribution in [0.4, 0.5) is 0 Å². The van der Waals surface area contributed by atoms with E-state index in [1.54, 1.807) is 7.05 Å². The SMILES string of the molecule is B[C@@H]1O[C@H](CC)C(O)[C@@H]1[C@H](C)C(=O)NC. The number of aliphatic hydroxyl groups is 1. The molecular weight excluding hydrogens is 193 g/mol. The Morgan fingerprint density at radius 2 is 2.27 bits per heavy atom. The molecule has 1 unspecified atom stereocenters. The molecule has 86 valence electrons. The number of hydrogen-bond donors (Lipinski definition) is 2. The van der Waals surface area contributed by atoms with Crippen molar-refractivity contribution in [3.63, 3.8) is 0 Å². The van der Waals surface area contributed by atoms with E-state index in [4.69, 9.17) is 4.74 Å². The average molecular weight is 213 g/mol. The second kappa shape index (κ2) is 4.99. The molecule has 0 aromatic rings. The number of nitrogens with one attached hydrogen (secondary N) is 1. The molecule has 0 spiro atoms. The maximum Gasteiger partial charge on any atom is 0.223 e. The van der Waals surface area contributed by atoms with E-state index in [0.29, 0.717) is 0 Å². The molecule has 0 aromatic carbocycles. The fourth-order valence-corrected chi connectivity index (χ4v) is 2.41. The number of aliphatic hydroxyl groups excluding tert-OH is 1. The van der Waals surface area contributed by atoms with Crippen LogP contribution in [0.25, 0.3) is 0 Å². The van der Waals surface area contributed by atoms with E-state index in [0.717, 1.165) is 6.42 Å². The van der Waals surface area contributed by atoms with Crippen LogP contribution in [0.15, 0.2) is 0 Å². The van der Waals surface area contributed by atoms with Crippen molar-refractivity contribution >= 4 is 13.8 Å². The highest BCUT2D eigenvalue weighted by Gasteiger charge is 2.44. The molecule has 4 nitrogen and oxygen atoms in total. The quantitative estimate of drug-likeness (QED) is 0.598. The summed E-state index contributed by atoms with van der Waals surface area (Å²) in [6.45, 7) is 3.82. The Labute approximate surface area is 91.8 Å². The smallest absolute Gasteiger partial charge is 0.223 e. The van der Waals surface area contributed by atoms with Crippen LogP contribution in [-0.4, -0.2) is 44.1 Å². The minimum Gasteiger partial charge on any atom is -0.390 e. The summed E-state index contributed by atoms with van der Waals surface area (Å²) in [4.78, 5) is 11.5. The van der Waals surface area contributed by atoms with Crippen molar-refractivity contribution in [1.29, 1.82) is 0 Å². The van der Waals surface area contributed by atoms with Gasteiger partial charge in [0, 0.05) is 24.9 Å². The van der Waals surface area contributed by atoms with E-state index in [1.807, 2.05) is 21.7 Å². The second-order valence-corrected chi connectivity index (χ2v) is 4.26. The number of carbonyl (C=O) groups excluding carboxylic acids is 1. The highest BCUT2D eigenvalue weighted by Crippen LogP contribution is 2.32. The van der Waals surface area contributed by atoms with Crippen LogP contribution < -0.4 is 5.32 Å². The molecule has 1 rings (SSSR count). The van der Waals surface area contributed by atoms with Crippen LogP contribution in [0.5, 0.6) is 0 Å². The van der Waals surface area contributed by atoms with E-state index in [1.165, 1.54) is 0 Å². The van der Waals surface area contributed by atoms with Crippen molar-refractivity contribution in [3.05, 3.63) is 0 Å². The molecule has 0 aliphatic carbocycles. The molecule has 1 saturated heterocycles. The predicted molar refractivity (Wildman–Crippen MR) is 60.2 cm³/mol. The summed E-state index contributed by atoms with van der Waals surface area (Å²) in [5.74, 6) is -0.349. The van der Waals surface area contributed by atoms with Gasteiger partial charge in [-0.3, -0.25) is 4.79 Å². The van der Waals surface area contributed by atoms with Crippen molar-refractivity contribution < 1.29 is 14.6 Å². The Morgan fingerprint density at radius 1 is 1.67 bits per heavy atom. The average Bonchev–Trinajstić information content (AvgIpc) is 2.51. The zero-order chi connectivity index (χ0) is 11.6. The third kappa shape index (κ3) is 2.34. The van der Waals surface area contributed by atoms with Crippen LogP contribution >= 0.6 is 0 Å². The molecule has 1 aliphatic rings. The molecule has 1 fully saturated rings. The van der Waals surface area contributed by atoms with Gasteiger partial charge in [0.2, 0.25) is 5.91 Å². The first-order valence-electron chi connectivity index (χ1n) is 5.58. The van der Waals surface area contributed by atoms with Crippen molar-refractivity contribution in [2.24, 2.45) is 11.8 Å². The van der Waals surface area contributed by atoms with Gasteiger partial charge in [-0.05, 0) is 6.42 Å². The molecule has 5 atom stereocenters. The third-order valence-corrected chi connectivity index (χ3v) is 3.35. The summed E-state index contributed by atoms with van der Waals surface area (Å²) >= 11 is 0. The van der Waals surface area contributed by atoms with E-state index in [-0.39, 0.29) is 29.9 Å². The summed E-state index contributed by atoms with van der Waals surface area (Å²) in [5, 5.41) is 12.6. The molecule has 15 heavy (non-hydrogen) atoms. The number of hydrogen-bond acceptors (Lipinski definition) is 3. The summed E-state index contributed by atoms with van der Waals surface area (Å²) in [6, 6.07) is -0.0581. The number of carbonyl (C=O) groups is 1. The van der Waals surface area contributed by atoms with Gasteiger partial charge in [-0.2, -0.15) is 0 Å². The second-order valence-electron chi connectivity index (χ2n) is 4.26. The molecule has 0 aromatic heterocycles. The van der Waals surface area contributed by atoms with Gasteiger partial charge in [0.1, 0.15) is 7.85 Å². The third-order valence-electron chi connectivity index (χ3n) is 3.35. The minimum atomic E-state index is -0.530. The first kappa shape index (κ1) is 12.5. The molecule has 1 heterocycles. The van der Waals surface area contributed by atoms with Gasteiger partial charge in [0.15, 0.2) is 0 Å². The highest BCUT2D eigenvalue weighted by atomic mass is 16.5. The van der Waals surface area contributed by atoms with Gasteiger partial charge in [-0.15, -0.1) is 0 Å². The maximum absolute atomic E-state index is 11.5. The molecule has 5 heteroatoms. The topological polar surface area (TPSA) is 58.6 Å². The Balaban J connectivity index is 2.72. The minimum absolute atomic E-state index is 0.0359. The van der Waals surface area contributed by atoms with Crippen LogP contribution in [0.2, 0.25) is 0 Å². The predicted octanol–water partition coefficient (Wildman–Crippen LogP) is -0.886. The van der Waals surface area contributed by atoms with Gasteiger partial charge in [0.25, 0.3) is 0 Å². The van der Waals surface area contributed by atoms with Gasteiger partial charge in [0.05, 0.1) is 12.2 Å². The first-order chi connectivity index (χ1) is 7.02. The standard InChI is InChI=1S/C10H20BNO3/c1-4-6-8(13)7(9(11)15-6)5(2)10(14)12-3/h5-9,13H,4,11H2,1-3H3,(H,12,14)/t5-,6+,7-,8?,9+/m0/s1. The lowest BCUT2D eigenvalue weighted by Gasteiger charge is -2.23. The van der Waals surface area contributed by atoms with Crippen molar-refractivity contribution in [1.82, 2.24) is 5.32 Å². The highest BCUT2D eigenvalue weighted by molar-refractivity contribution is 6.11. The molecule has 0 bridgehead atoms. The summed E-state index contributed by atoms with van der Waals surface area (Å²) in [5.41, 5.74) is 0. The Morgan fingerprint density at radius 3 is 2.67 bits per heavy atom. The van der Waals surface area contributed by atoms with Crippen LogP contribution in [0, 0.1) is 11.8 Å². The molecule has 0 saturated carbocycles. The van der Waals surface area contributed by atoms with E-state index in [2.05, 4.69) is 5.32 Å². The molecule has 0 radical (unpaired) electrons. The van der Waals surface area contributed by atoms with Gasteiger partial charge >= 0.3 is 0 Å². The van der Waals surface area contributed by atoms with E-state index >= 15 is 0 Å². The van der Waals surface area contributed by atoms with Crippen LogP contribution in [0.1, 0.15) is 20.3 Å². The van der Waals surface area contributed by atoms with Crippen molar-refractivity contribution in [2.75, 3.05) is 7.05 Å². The molecule has 2 N–H and O–H groups in total. The van der Waals surface area contributed by atoms with Gasteiger partial charge in [-0.1, -0.05) is 13.8 Å². The van der Waals surface area contributed by atoms with Gasteiger partial charge < -0.3 is 15.2 Å². The van der Waals surface area contributed by atoms with E-state index in [9.17, 15) is 9.90 Å². The molecule has 1 amide bonds. The number of amides is 1. The molecule has 1 aliphatic heterocycles. The number of rotatable bonds is 3. The lowest BCUT2D eigenvalue weighted by atomic mass is 9.76. The maximum atomic E-state index is 11.5. The number of ether oxygens (including phenoxy) is 1.